The maximum atomic E-state index is 12.3. The van der Waals surface area contributed by atoms with Gasteiger partial charge in [-0.05, 0) is 49.3 Å². The van der Waals surface area contributed by atoms with E-state index in [2.05, 4.69) is 27.3 Å². The van der Waals surface area contributed by atoms with Crippen LogP contribution in [0.5, 0.6) is 0 Å². The molecule has 1 aromatic rings. The molecule has 2 saturated carbocycles. The summed E-state index contributed by atoms with van der Waals surface area (Å²) >= 11 is 3.37. The molecule has 3 rings (SSSR count). The lowest BCUT2D eigenvalue weighted by molar-refractivity contribution is -0.121. The molecule has 0 spiro atoms. The van der Waals surface area contributed by atoms with E-state index in [1.165, 1.54) is 19.3 Å². The van der Waals surface area contributed by atoms with Gasteiger partial charge in [0.15, 0.2) is 0 Å². The van der Waals surface area contributed by atoms with E-state index >= 15 is 0 Å². The van der Waals surface area contributed by atoms with Gasteiger partial charge in [-0.25, -0.2) is 0 Å². The highest BCUT2D eigenvalue weighted by Crippen LogP contribution is 2.48. The number of hydrogen-bond donors (Lipinski definition) is 1. The van der Waals surface area contributed by atoms with Crippen molar-refractivity contribution >= 4 is 27.5 Å². The number of halogens is 1. The van der Waals surface area contributed by atoms with Crippen LogP contribution in [0.25, 0.3) is 0 Å². The van der Waals surface area contributed by atoms with Gasteiger partial charge in [0.2, 0.25) is 5.91 Å². The molecule has 2 aliphatic rings. The van der Waals surface area contributed by atoms with Gasteiger partial charge < -0.3 is 5.32 Å². The van der Waals surface area contributed by atoms with Crippen LogP contribution in [0.2, 0.25) is 0 Å². The number of anilines is 1. The summed E-state index contributed by atoms with van der Waals surface area (Å²) in [4.78, 5) is 12.3. The van der Waals surface area contributed by atoms with Gasteiger partial charge in [0.1, 0.15) is 6.07 Å². The highest BCUT2D eigenvalue weighted by Gasteiger charge is 2.43. The molecule has 0 aromatic heterocycles. The SMILES string of the molecule is N#Cc1ccc(Br)cc1NC(=O)C1CC2CCC1C2. The lowest BCUT2D eigenvalue weighted by Gasteiger charge is -2.21. The van der Waals surface area contributed by atoms with Gasteiger partial charge in [0, 0.05) is 10.4 Å². The summed E-state index contributed by atoms with van der Waals surface area (Å²) in [6.07, 6.45) is 4.70. The minimum atomic E-state index is 0.0850. The number of hydrogen-bond acceptors (Lipinski definition) is 2. The molecule has 0 saturated heterocycles. The quantitative estimate of drug-likeness (QED) is 0.904. The van der Waals surface area contributed by atoms with Crippen molar-refractivity contribution in [3.63, 3.8) is 0 Å². The molecule has 3 unspecified atom stereocenters. The first-order chi connectivity index (χ1) is 9.17. The van der Waals surface area contributed by atoms with E-state index in [0.717, 1.165) is 16.8 Å². The third-order valence-corrected chi connectivity index (χ3v) is 4.93. The summed E-state index contributed by atoms with van der Waals surface area (Å²) in [5.74, 6) is 1.53. The maximum Gasteiger partial charge on any atom is 0.227 e. The number of benzene rings is 1. The average molecular weight is 319 g/mol. The van der Waals surface area contributed by atoms with Crippen LogP contribution in [0.3, 0.4) is 0 Å². The fraction of sp³-hybridized carbons (Fsp3) is 0.467. The Hall–Kier alpha value is -1.34. The fourth-order valence-electron chi connectivity index (χ4n) is 3.51. The molecule has 2 fully saturated rings. The Balaban J connectivity index is 1.76. The molecule has 2 bridgehead atoms. The zero-order chi connectivity index (χ0) is 13.4. The van der Waals surface area contributed by atoms with Crippen molar-refractivity contribution in [1.82, 2.24) is 0 Å². The largest absolute Gasteiger partial charge is 0.325 e. The Morgan fingerprint density at radius 2 is 2.21 bits per heavy atom. The molecule has 2 aliphatic carbocycles. The molecule has 3 nitrogen and oxygen atoms in total. The molecule has 4 heteroatoms. The number of fused-ring (bicyclic) bond motifs is 2. The molecule has 0 aliphatic heterocycles. The van der Waals surface area contributed by atoms with Crippen molar-refractivity contribution in [1.29, 1.82) is 5.26 Å². The van der Waals surface area contributed by atoms with Crippen molar-refractivity contribution in [2.45, 2.75) is 25.7 Å². The maximum absolute atomic E-state index is 12.3. The predicted molar refractivity (Wildman–Crippen MR) is 76.4 cm³/mol. The predicted octanol–water partition coefficient (Wildman–Crippen LogP) is 3.70. The summed E-state index contributed by atoms with van der Waals surface area (Å²) in [6, 6.07) is 7.45. The molecule has 98 valence electrons. The van der Waals surface area contributed by atoms with Crippen LogP contribution in [0.4, 0.5) is 5.69 Å². The first-order valence-electron chi connectivity index (χ1n) is 6.68. The lowest BCUT2D eigenvalue weighted by Crippen LogP contribution is -2.27. The molecule has 1 N–H and O–H groups in total. The summed E-state index contributed by atoms with van der Waals surface area (Å²) in [5.41, 5.74) is 1.13. The Morgan fingerprint density at radius 1 is 1.37 bits per heavy atom. The van der Waals surface area contributed by atoms with Gasteiger partial charge in [-0.2, -0.15) is 5.26 Å². The Labute approximate surface area is 121 Å². The molecule has 0 radical (unpaired) electrons. The summed E-state index contributed by atoms with van der Waals surface area (Å²) in [7, 11) is 0. The topological polar surface area (TPSA) is 52.9 Å². The van der Waals surface area contributed by atoms with Crippen molar-refractivity contribution in [3.05, 3.63) is 28.2 Å². The van der Waals surface area contributed by atoms with E-state index in [9.17, 15) is 4.79 Å². The van der Waals surface area contributed by atoms with Gasteiger partial charge in [-0.15, -0.1) is 0 Å². The zero-order valence-corrected chi connectivity index (χ0v) is 12.1. The van der Waals surface area contributed by atoms with E-state index in [1.54, 1.807) is 12.1 Å². The second-order valence-corrected chi connectivity index (χ2v) is 6.49. The third kappa shape index (κ3) is 2.40. The van der Waals surface area contributed by atoms with Gasteiger partial charge in [0.05, 0.1) is 11.3 Å². The van der Waals surface area contributed by atoms with Gasteiger partial charge in [-0.3, -0.25) is 4.79 Å². The highest BCUT2D eigenvalue weighted by molar-refractivity contribution is 9.10. The van der Waals surface area contributed by atoms with Crippen LogP contribution in [0, 0.1) is 29.1 Å². The second-order valence-electron chi connectivity index (χ2n) is 5.57. The molecular formula is C15H15BrN2O. The van der Waals surface area contributed by atoms with Crippen LogP contribution in [-0.2, 0) is 4.79 Å². The van der Waals surface area contributed by atoms with Crippen LogP contribution in [0.15, 0.2) is 22.7 Å². The van der Waals surface area contributed by atoms with E-state index in [-0.39, 0.29) is 11.8 Å². The number of nitrogens with zero attached hydrogens (tertiary/aromatic N) is 1. The standard InChI is InChI=1S/C15H15BrN2O/c16-12-4-3-11(8-17)14(7-12)18-15(19)13-6-9-1-2-10(13)5-9/h3-4,7,9-10,13H,1-2,5-6H2,(H,18,19). The number of nitriles is 1. The van der Waals surface area contributed by atoms with Crippen LogP contribution in [-0.4, -0.2) is 5.91 Å². The van der Waals surface area contributed by atoms with Gasteiger partial charge in [-0.1, -0.05) is 22.4 Å². The van der Waals surface area contributed by atoms with Crippen molar-refractivity contribution < 1.29 is 4.79 Å². The smallest absolute Gasteiger partial charge is 0.227 e. The Bertz CT molecular complexity index is 564. The Kier molecular flexibility index (Phi) is 3.32. The highest BCUT2D eigenvalue weighted by atomic mass is 79.9. The molecular weight excluding hydrogens is 304 g/mol. The number of rotatable bonds is 2. The molecule has 1 amide bonds. The molecule has 1 aromatic carbocycles. The normalized spacial score (nSPS) is 28.1. The van der Waals surface area contributed by atoms with E-state index in [1.807, 2.05) is 6.07 Å². The van der Waals surface area contributed by atoms with E-state index in [4.69, 9.17) is 5.26 Å². The van der Waals surface area contributed by atoms with Crippen molar-refractivity contribution in [2.75, 3.05) is 5.32 Å². The summed E-state index contributed by atoms with van der Waals surface area (Å²) < 4.78 is 0.870. The van der Waals surface area contributed by atoms with Crippen molar-refractivity contribution in [3.8, 4) is 6.07 Å². The van der Waals surface area contributed by atoms with E-state index in [0.29, 0.717) is 17.2 Å². The number of carbonyl (C=O) groups excluding carboxylic acids is 1. The van der Waals surface area contributed by atoms with Gasteiger partial charge >= 0.3 is 0 Å². The number of nitrogens with one attached hydrogen (secondary N) is 1. The Morgan fingerprint density at radius 3 is 2.84 bits per heavy atom. The summed E-state index contributed by atoms with van der Waals surface area (Å²) in [6.45, 7) is 0. The summed E-state index contributed by atoms with van der Waals surface area (Å²) in [5, 5.41) is 12.0. The average Bonchev–Trinajstić information content (AvgIpc) is 3.01. The third-order valence-electron chi connectivity index (χ3n) is 4.43. The molecule has 19 heavy (non-hydrogen) atoms. The van der Waals surface area contributed by atoms with E-state index < -0.39 is 0 Å². The minimum Gasteiger partial charge on any atom is -0.325 e. The second kappa shape index (κ2) is 4.97. The fourth-order valence-corrected chi connectivity index (χ4v) is 3.87. The monoisotopic (exact) mass is 318 g/mol. The zero-order valence-electron chi connectivity index (χ0n) is 10.5. The molecule has 3 atom stereocenters. The van der Waals surface area contributed by atoms with Crippen LogP contribution < -0.4 is 5.32 Å². The van der Waals surface area contributed by atoms with Crippen LogP contribution in [0.1, 0.15) is 31.2 Å². The van der Waals surface area contributed by atoms with Crippen molar-refractivity contribution in [2.24, 2.45) is 17.8 Å². The van der Waals surface area contributed by atoms with Gasteiger partial charge in [0.25, 0.3) is 0 Å². The van der Waals surface area contributed by atoms with Crippen LogP contribution >= 0.6 is 15.9 Å². The first kappa shape index (κ1) is 12.7. The lowest BCUT2D eigenvalue weighted by atomic mass is 9.88. The minimum absolute atomic E-state index is 0.0850. The number of carbonyl (C=O) groups is 1. The first-order valence-corrected chi connectivity index (χ1v) is 7.47. The number of amides is 1. The molecule has 0 heterocycles.